The predicted octanol–water partition coefficient (Wildman–Crippen LogP) is 2.83. The lowest BCUT2D eigenvalue weighted by Gasteiger charge is -2.18. The normalized spacial score (nSPS) is 13.3. The van der Waals surface area contributed by atoms with Gasteiger partial charge in [0, 0.05) is 5.56 Å². The molecule has 1 atom stereocenters. The number of hydrogen-bond donors (Lipinski definition) is 0. The van der Waals surface area contributed by atoms with E-state index in [-0.39, 0.29) is 11.3 Å². The molecule has 0 bridgehead atoms. The van der Waals surface area contributed by atoms with Crippen LogP contribution in [0.15, 0.2) is 24.3 Å². The van der Waals surface area contributed by atoms with Crippen LogP contribution >= 0.6 is 0 Å². The van der Waals surface area contributed by atoms with Crippen molar-refractivity contribution >= 4 is 6.29 Å². The Morgan fingerprint density at radius 2 is 2.13 bits per heavy atom. The summed E-state index contributed by atoms with van der Waals surface area (Å²) in [5.41, 5.74) is 0.190. The first-order valence-corrected chi connectivity index (χ1v) is 4.22. The highest BCUT2D eigenvalue weighted by Crippen LogP contribution is 2.26. The molecule has 82 valence electrons. The fourth-order valence-electron chi connectivity index (χ4n) is 0.890. The van der Waals surface area contributed by atoms with Gasteiger partial charge in [0.15, 0.2) is 0 Å². The summed E-state index contributed by atoms with van der Waals surface area (Å²) in [6.07, 6.45) is -5.82. The van der Waals surface area contributed by atoms with E-state index in [4.69, 9.17) is 0 Å². The molecule has 1 unspecified atom stereocenters. The molecule has 0 aliphatic rings. The zero-order chi connectivity index (χ0) is 11.5. The molecular weight excluding hydrogens is 209 g/mol. The Morgan fingerprint density at radius 3 is 2.67 bits per heavy atom. The minimum Gasteiger partial charge on any atom is -0.430 e. The number of aldehydes is 1. The van der Waals surface area contributed by atoms with Gasteiger partial charge in [-0.3, -0.25) is 4.79 Å². The van der Waals surface area contributed by atoms with Crippen molar-refractivity contribution in [2.45, 2.75) is 19.2 Å². The molecular formula is C10H9F3O2. The molecule has 0 saturated carbocycles. The van der Waals surface area contributed by atoms with Crippen LogP contribution in [-0.2, 0) is 0 Å². The van der Waals surface area contributed by atoms with Crippen molar-refractivity contribution in [3.05, 3.63) is 29.8 Å². The standard InChI is InChI=1S/C10H9F3O2/c1-7(11)10(12,13)15-9-4-2-3-8(5-9)6-14/h2-7H,1H3. The first-order valence-electron chi connectivity index (χ1n) is 4.22. The lowest BCUT2D eigenvalue weighted by atomic mass is 10.2. The number of carbonyl (C=O) groups excluding carboxylic acids is 1. The number of ether oxygens (including phenoxy) is 1. The first-order chi connectivity index (χ1) is 6.95. The summed E-state index contributed by atoms with van der Waals surface area (Å²) in [6, 6.07) is 5.14. The van der Waals surface area contributed by atoms with E-state index in [2.05, 4.69) is 4.74 Å². The molecule has 0 amide bonds. The lowest BCUT2D eigenvalue weighted by Crippen LogP contribution is -2.34. The Bertz CT molecular complexity index is 350. The Balaban J connectivity index is 2.84. The Labute approximate surface area is 84.7 Å². The van der Waals surface area contributed by atoms with Crippen LogP contribution in [0.25, 0.3) is 0 Å². The van der Waals surface area contributed by atoms with Crippen LogP contribution in [0.5, 0.6) is 5.75 Å². The monoisotopic (exact) mass is 218 g/mol. The molecule has 0 spiro atoms. The maximum absolute atomic E-state index is 12.8. The van der Waals surface area contributed by atoms with E-state index in [9.17, 15) is 18.0 Å². The molecule has 5 heteroatoms. The van der Waals surface area contributed by atoms with Gasteiger partial charge in [-0.2, -0.15) is 8.78 Å². The van der Waals surface area contributed by atoms with Gasteiger partial charge >= 0.3 is 6.11 Å². The van der Waals surface area contributed by atoms with Crippen LogP contribution in [0.1, 0.15) is 17.3 Å². The number of carbonyl (C=O) groups is 1. The largest absolute Gasteiger partial charge is 0.430 e. The van der Waals surface area contributed by atoms with Gasteiger partial charge in [0.2, 0.25) is 6.17 Å². The molecule has 2 nitrogen and oxygen atoms in total. The SMILES string of the molecule is CC(F)C(F)(F)Oc1cccc(C=O)c1. The molecule has 0 aliphatic heterocycles. The minimum absolute atomic E-state index is 0.190. The zero-order valence-corrected chi connectivity index (χ0v) is 7.91. The van der Waals surface area contributed by atoms with Gasteiger partial charge < -0.3 is 4.74 Å². The van der Waals surface area contributed by atoms with E-state index < -0.39 is 12.3 Å². The van der Waals surface area contributed by atoms with E-state index >= 15 is 0 Å². The fraction of sp³-hybridized carbons (Fsp3) is 0.300. The van der Waals surface area contributed by atoms with E-state index in [1.54, 1.807) is 0 Å². The van der Waals surface area contributed by atoms with Gasteiger partial charge in [0.05, 0.1) is 0 Å². The molecule has 15 heavy (non-hydrogen) atoms. The Morgan fingerprint density at radius 1 is 1.47 bits per heavy atom. The fourth-order valence-corrected chi connectivity index (χ4v) is 0.890. The van der Waals surface area contributed by atoms with Crippen molar-refractivity contribution in [1.82, 2.24) is 0 Å². The van der Waals surface area contributed by atoms with Crippen LogP contribution in [-0.4, -0.2) is 18.6 Å². The smallest absolute Gasteiger partial charge is 0.429 e. The van der Waals surface area contributed by atoms with E-state index in [1.165, 1.54) is 18.2 Å². The second-order valence-corrected chi connectivity index (χ2v) is 2.97. The third kappa shape index (κ3) is 2.97. The third-order valence-corrected chi connectivity index (χ3v) is 1.71. The average molecular weight is 218 g/mol. The number of benzene rings is 1. The molecule has 0 saturated heterocycles. The van der Waals surface area contributed by atoms with Crippen LogP contribution in [0.2, 0.25) is 0 Å². The molecule has 1 rings (SSSR count). The van der Waals surface area contributed by atoms with Crippen molar-refractivity contribution in [1.29, 1.82) is 0 Å². The molecule has 0 heterocycles. The summed E-state index contributed by atoms with van der Waals surface area (Å²) in [7, 11) is 0. The highest BCUT2D eigenvalue weighted by Gasteiger charge is 2.39. The van der Waals surface area contributed by atoms with E-state index in [0.717, 1.165) is 6.07 Å². The van der Waals surface area contributed by atoms with Crippen molar-refractivity contribution in [3.8, 4) is 5.75 Å². The molecule has 1 aromatic carbocycles. The van der Waals surface area contributed by atoms with Crippen molar-refractivity contribution in [2.24, 2.45) is 0 Å². The summed E-state index contributed by atoms with van der Waals surface area (Å²) in [6.45, 7) is 0.698. The highest BCUT2D eigenvalue weighted by molar-refractivity contribution is 5.75. The van der Waals surface area contributed by atoms with Gasteiger partial charge in [0.1, 0.15) is 12.0 Å². The van der Waals surface area contributed by atoms with Crippen molar-refractivity contribution in [3.63, 3.8) is 0 Å². The lowest BCUT2D eigenvalue weighted by molar-refractivity contribution is -0.215. The highest BCUT2D eigenvalue weighted by atomic mass is 19.3. The van der Waals surface area contributed by atoms with E-state index in [1.807, 2.05) is 0 Å². The van der Waals surface area contributed by atoms with Crippen LogP contribution in [0, 0.1) is 0 Å². The molecule has 0 radical (unpaired) electrons. The van der Waals surface area contributed by atoms with Crippen LogP contribution in [0.4, 0.5) is 13.2 Å². The number of halogens is 3. The molecule has 0 aliphatic carbocycles. The summed E-state index contributed by atoms with van der Waals surface area (Å²) >= 11 is 0. The number of alkyl halides is 3. The second kappa shape index (κ2) is 4.33. The average Bonchev–Trinajstić information content (AvgIpc) is 2.17. The van der Waals surface area contributed by atoms with Crippen LogP contribution < -0.4 is 4.74 Å². The van der Waals surface area contributed by atoms with Gasteiger partial charge in [-0.05, 0) is 19.1 Å². The number of hydrogen-bond acceptors (Lipinski definition) is 2. The Hall–Kier alpha value is -1.52. The van der Waals surface area contributed by atoms with Gasteiger partial charge in [-0.1, -0.05) is 12.1 Å². The molecule has 0 aromatic heterocycles. The van der Waals surface area contributed by atoms with Crippen LogP contribution in [0.3, 0.4) is 0 Å². The number of rotatable bonds is 4. The molecule has 0 N–H and O–H groups in total. The maximum atomic E-state index is 12.8. The quantitative estimate of drug-likeness (QED) is 0.726. The summed E-state index contributed by atoms with van der Waals surface area (Å²) in [4.78, 5) is 10.3. The Kier molecular flexibility index (Phi) is 3.34. The molecule has 0 fully saturated rings. The minimum atomic E-state index is -3.89. The summed E-state index contributed by atoms with van der Waals surface area (Å²) in [5, 5.41) is 0. The third-order valence-electron chi connectivity index (χ3n) is 1.71. The zero-order valence-electron chi connectivity index (χ0n) is 7.91. The molecule has 1 aromatic rings. The summed E-state index contributed by atoms with van der Waals surface area (Å²) in [5.74, 6) is -0.242. The summed E-state index contributed by atoms with van der Waals surface area (Å²) < 4.78 is 42.1. The topological polar surface area (TPSA) is 26.3 Å². The second-order valence-electron chi connectivity index (χ2n) is 2.97. The first kappa shape index (κ1) is 11.6. The maximum Gasteiger partial charge on any atom is 0.429 e. The predicted molar refractivity (Wildman–Crippen MR) is 48.0 cm³/mol. The van der Waals surface area contributed by atoms with E-state index in [0.29, 0.717) is 13.2 Å². The van der Waals surface area contributed by atoms with Gasteiger partial charge in [-0.25, -0.2) is 4.39 Å². The van der Waals surface area contributed by atoms with Crippen molar-refractivity contribution < 1.29 is 22.7 Å². The van der Waals surface area contributed by atoms with Gasteiger partial charge in [-0.15, -0.1) is 0 Å². The van der Waals surface area contributed by atoms with Crippen molar-refractivity contribution in [2.75, 3.05) is 0 Å². The van der Waals surface area contributed by atoms with Gasteiger partial charge in [0.25, 0.3) is 0 Å².